The Balaban J connectivity index is 2.02. The molecule has 1 aliphatic heterocycles. The number of fused-ring (bicyclic) bond motifs is 1. The third kappa shape index (κ3) is 1.65. The zero-order chi connectivity index (χ0) is 11.0. The van der Waals surface area contributed by atoms with Gasteiger partial charge in [0.15, 0.2) is 0 Å². The highest BCUT2D eigenvalue weighted by Gasteiger charge is 2.23. The van der Waals surface area contributed by atoms with Crippen LogP contribution in [0, 0.1) is 0 Å². The molecule has 1 aromatic carbocycles. The molecule has 3 rings (SSSR count). The molecule has 1 aromatic heterocycles. The quantitative estimate of drug-likeness (QED) is 0.770. The van der Waals surface area contributed by atoms with Gasteiger partial charge in [0.25, 0.3) is 5.56 Å². The van der Waals surface area contributed by atoms with Gasteiger partial charge in [0.05, 0.1) is 18.2 Å². The van der Waals surface area contributed by atoms with Crippen molar-refractivity contribution < 1.29 is 9.47 Å². The summed E-state index contributed by atoms with van der Waals surface area (Å²) in [6.45, 7) is 1.27. The highest BCUT2D eigenvalue weighted by atomic mass is 16.6. The molecule has 0 aliphatic carbocycles. The molecule has 1 saturated heterocycles. The number of hydrogen-bond acceptors (Lipinski definition) is 4. The number of epoxide rings is 1. The fourth-order valence-corrected chi connectivity index (χ4v) is 1.56. The molecule has 1 aliphatic rings. The van der Waals surface area contributed by atoms with Crippen LogP contribution in [-0.2, 0) is 4.74 Å². The third-order valence-electron chi connectivity index (χ3n) is 2.50. The topological polar surface area (TPSA) is 67.5 Å². The van der Waals surface area contributed by atoms with Crippen molar-refractivity contribution in [2.24, 2.45) is 0 Å². The lowest BCUT2D eigenvalue weighted by atomic mass is 10.2. The SMILES string of the molecule is O=c1[nH]ncc2c(OCC3CO3)cccc12. The molecule has 5 nitrogen and oxygen atoms in total. The van der Waals surface area contributed by atoms with Gasteiger partial charge in [-0.1, -0.05) is 6.07 Å². The highest BCUT2D eigenvalue weighted by Crippen LogP contribution is 2.23. The molecule has 0 saturated carbocycles. The lowest BCUT2D eigenvalue weighted by Crippen LogP contribution is -2.09. The van der Waals surface area contributed by atoms with E-state index in [-0.39, 0.29) is 11.7 Å². The summed E-state index contributed by atoms with van der Waals surface area (Å²) in [6, 6.07) is 5.36. The lowest BCUT2D eigenvalue weighted by Gasteiger charge is -2.06. The van der Waals surface area contributed by atoms with Crippen LogP contribution in [0.3, 0.4) is 0 Å². The minimum Gasteiger partial charge on any atom is -0.490 e. The van der Waals surface area contributed by atoms with Crippen molar-refractivity contribution >= 4 is 10.8 Å². The molecule has 2 heterocycles. The van der Waals surface area contributed by atoms with Gasteiger partial charge in [-0.3, -0.25) is 4.79 Å². The van der Waals surface area contributed by atoms with Crippen molar-refractivity contribution in [1.82, 2.24) is 10.2 Å². The molecule has 0 radical (unpaired) electrons. The number of aromatic nitrogens is 2. The number of aromatic amines is 1. The van der Waals surface area contributed by atoms with Crippen LogP contribution >= 0.6 is 0 Å². The minimum atomic E-state index is -0.203. The van der Waals surface area contributed by atoms with Gasteiger partial charge in [-0.25, -0.2) is 5.10 Å². The van der Waals surface area contributed by atoms with Crippen molar-refractivity contribution in [1.29, 1.82) is 0 Å². The van der Waals surface area contributed by atoms with Gasteiger partial charge < -0.3 is 9.47 Å². The fourth-order valence-electron chi connectivity index (χ4n) is 1.56. The monoisotopic (exact) mass is 218 g/mol. The van der Waals surface area contributed by atoms with Crippen molar-refractivity contribution in [2.75, 3.05) is 13.2 Å². The second-order valence-corrected chi connectivity index (χ2v) is 3.68. The number of H-pyrrole nitrogens is 1. The predicted octanol–water partition coefficient (Wildman–Crippen LogP) is 0.701. The van der Waals surface area contributed by atoms with Crippen LogP contribution in [0.5, 0.6) is 5.75 Å². The van der Waals surface area contributed by atoms with E-state index in [1.807, 2.05) is 6.07 Å². The maximum atomic E-state index is 11.5. The molecule has 0 spiro atoms. The number of rotatable bonds is 3. The molecular formula is C11H10N2O3. The van der Waals surface area contributed by atoms with Gasteiger partial charge in [0, 0.05) is 5.39 Å². The molecule has 16 heavy (non-hydrogen) atoms. The summed E-state index contributed by atoms with van der Waals surface area (Å²) in [5, 5.41) is 7.48. The zero-order valence-electron chi connectivity index (χ0n) is 8.47. The van der Waals surface area contributed by atoms with Gasteiger partial charge in [0.1, 0.15) is 18.5 Å². The Labute approximate surface area is 91.0 Å². The molecule has 1 fully saturated rings. The van der Waals surface area contributed by atoms with E-state index in [9.17, 15) is 4.79 Å². The Morgan fingerprint density at radius 3 is 3.19 bits per heavy atom. The Kier molecular flexibility index (Phi) is 2.11. The zero-order valence-corrected chi connectivity index (χ0v) is 8.47. The molecule has 0 bridgehead atoms. The molecule has 82 valence electrons. The van der Waals surface area contributed by atoms with E-state index in [2.05, 4.69) is 10.2 Å². The van der Waals surface area contributed by atoms with Gasteiger partial charge in [-0.15, -0.1) is 0 Å². The van der Waals surface area contributed by atoms with Crippen LogP contribution in [0.25, 0.3) is 10.8 Å². The number of ether oxygens (including phenoxy) is 2. The summed E-state index contributed by atoms with van der Waals surface area (Å²) in [5.41, 5.74) is -0.203. The first-order valence-corrected chi connectivity index (χ1v) is 5.05. The molecule has 5 heteroatoms. The first-order valence-electron chi connectivity index (χ1n) is 5.05. The van der Waals surface area contributed by atoms with Crippen LogP contribution in [-0.4, -0.2) is 29.5 Å². The molecule has 1 unspecified atom stereocenters. The van der Waals surface area contributed by atoms with Crippen molar-refractivity contribution in [3.05, 3.63) is 34.7 Å². The lowest BCUT2D eigenvalue weighted by molar-refractivity contribution is 0.265. The second kappa shape index (κ2) is 3.61. The predicted molar refractivity (Wildman–Crippen MR) is 57.6 cm³/mol. The highest BCUT2D eigenvalue weighted by molar-refractivity contribution is 5.86. The summed E-state index contributed by atoms with van der Waals surface area (Å²) < 4.78 is 10.6. The van der Waals surface area contributed by atoms with E-state index in [0.29, 0.717) is 17.7 Å². The Hall–Kier alpha value is -1.88. The van der Waals surface area contributed by atoms with Crippen LogP contribution in [0.1, 0.15) is 0 Å². The van der Waals surface area contributed by atoms with Gasteiger partial charge in [-0.05, 0) is 12.1 Å². The van der Waals surface area contributed by atoms with Crippen LogP contribution in [0.2, 0.25) is 0 Å². The van der Waals surface area contributed by atoms with Crippen LogP contribution < -0.4 is 10.3 Å². The smallest absolute Gasteiger partial charge is 0.272 e. The van der Waals surface area contributed by atoms with Gasteiger partial charge >= 0.3 is 0 Å². The Bertz CT molecular complexity index is 575. The van der Waals surface area contributed by atoms with E-state index in [4.69, 9.17) is 9.47 Å². The Morgan fingerprint density at radius 2 is 2.38 bits per heavy atom. The molecule has 1 N–H and O–H groups in total. The molecule has 2 aromatic rings. The Morgan fingerprint density at radius 1 is 1.50 bits per heavy atom. The van der Waals surface area contributed by atoms with E-state index in [0.717, 1.165) is 12.0 Å². The average Bonchev–Trinajstić information content (AvgIpc) is 3.11. The standard InChI is InChI=1S/C11H10N2O3/c14-11-8-2-1-3-10(9(8)4-12-13-11)16-6-7-5-15-7/h1-4,7H,5-6H2,(H,13,14). The number of nitrogens with zero attached hydrogens (tertiary/aromatic N) is 1. The second-order valence-electron chi connectivity index (χ2n) is 3.68. The van der Waals surface area contributed by atoms with Crippen LogP contribution in [0.4, 0.5) is 0 Å². The van der Waals surface area contributed by atoms with Crippen molar-refractivity contribution in [3.8, 4) is 5.75 Å². The first kappa shape index (κ1) is 9.35. The van der Waals surface area contributed by atoms with E-state index < -0.39 is 0 Å². The average molecular weight is 218 g/mol. The summed E-state index contributed by atoms with van der Waals surface area (Å²) in [7, 11) is 0. The maximum Gasteiger partial charge on any atom is 0.272 e. The fraction of sp³-hybridized carbons (Fsp3) is 0.273. The molecule has 1 atom stereocenters. The van der Waals surface area contributed by atoms with Crippen LogP contribution in [0.15, 0.2) is 29.2 Å². The summed E-state index contributed by atoms with van der Waals surface area (Å²) in [6.07, 6.45) is 1.80. The van der Waals surface area contributed by atoms with Crippen molar-refractivity contribution in [3.63, 3.8) is 0 Å². The molecular weight excluding hydrogens is 208 g/mol. The van der Waals surface area contributed by atoms with Crippen molar-refractivity contribution in [2.45, 2.75) is 6.10 Å². The number of benzene rings is 1. The largest absolute Gasteiger partial charge is 0.490 e. The summed E-state index contributed by atoms with van der Waals surface area (Å²) in [4.78, 5) is 11.5. The summed E-state index contributed by atoms with van der Waals surface area (Å²) in [5.74, 6) is 0.673. The van der Waals surface area contributed by atoms with Gasteiger partial charge in [0.2, 0.25) is 0 Å². The molecule has 0 amide bonds. The van der Waals surface area contributed by atoms with E-state index in [1.54, 1.807) is 18.3 Å². The van der Waals surface area contributed by atoms with Gasteiger partial charge in [-0.2, -0.15) is 5.10 Å². The van der Waals surface area contributed by atoms with E-state index >= 15 is 0 Å². The third-order valence-corrected chi connectivity index (χ3v) is 2.50. The van der Waals surface area contributed by atoms with E-state index in [1.165, 1.54) is 0 Å². The normalized spacial score (nSPS) is 18.6. The first-order chi connectivity index (χ1) is 7.84. The number of nitrogens with one attached hydrogen (secondary N) is 1. The minimum absolute atomic E-state index is 0.199. The number of hydrogen-bond donors (Lipinski definition) is 1. The summed E-state index contributed by atoms with van der Waals surface area (Å²) >= 11 is 0. The maximum absolute atomic E-state index is 11.5.